The number of aryl methyl sites for hydroxylation is 1. The highest BCUT2D eigenvalue weighted by Gasteiger charge is 2.24. The molecular formula is C26H21BrCl2N2O3S. The van der Waals surface area contributed by atoms with Crippen molar-refractivity contribution in [1.82, 2.24) is 5.32 Å². The Labute approximate surface area is 226 Å². The van der Waals surface area contributed by atoms with Gasteiger partial charge in [-0.3, -0.25) is 4.79 Å². The summed E-state index contributed by atoms with van der Waals surface area (Å²) in [6.07, 6.45) is 2.75. The molecule has 1 aliphatic heterocycles. The molecule has 0 unspecified atom stereocenters. The number of aliphatic imine (C=N–C) groups is 1. The van der Waals surface area contributed by atoms with Crippen molar-refractivity contribution in [3.05, 3.63) is 90.7 Å². The van der Waals surface area contributed by atoms with Crippen molar-refractivity contribution < 1.29 is 14.3 Å². The maximum atomic E-state index is 12.6. The smallest absolute Gasteiger partial charge is 0.264 e. The number of benzene rings is 3. The van der Waals surface area contributed by atoms with Crippen molar-refractivity contribution >= 4 is 73.7 Å². The number of nitrogens with one attached hydrogen (secondary N) is 1. The fraction of sp³-hybridized carbons (Fsp3) is 0.154. The predicted octanol–water partition coefficient (Wildman–Crippen LogP) is 7.80. The molecule has 5 nitrogen and oxygen atoms in total. The minimum Gasteiger partial charge on any atom is -0.493 e. The van der Waals surface area contributed by atoms with Crippen LogP contribution >= 0.6 is 50.9 Å². The number of halogens is 3. The lowest BCUT2D eigenvalue weighted by atomic mass is 10.1. The number of carbonyl (C=O) groups excluding carboxylic acids is 1. The molecule has 0 aliphatic carbocycles. The van der Waals surface area contributed by atoms with Crippen molar-refractivity contribution in [2.75, 3.05) is 7.11 Å². The number of nitrogens with zero attached hydrogens (tertiary/aromatic N) is 1. The van der Waals surface area contributed by atoms with E-state index in [9.17, 15) is 4.79 Å². The van der Waals surface area contributed by atoms with Gasteiger partial charge in [-0.25, -0.2) is 4.99 Å². The van der Waals surface area contributed by atoms with Crippen molar-refractivity contribution in [3.63, 3.8) is 0 Å². The summed E-state index contributed by atoms with van der Waals surface area (Å²) < 4.78 is 12.2. The summed E-state index contributed by atoms with van der Waals surface area (Å²) in [6, 6.07) is 16.9. The van der Waals surface area contributed by atoms with Crippen LogP contribution < -0.4 is 14.8 Å². The van der Waals surface area contributed by atoms with Crippen LogP contribution in [0.25, 0.3) is 6.08 Å². The van der Waals surface area contributed by atoms with E-state index in [0.29, 0.717) is 31.6 Å². The second-order valence-corrected chi connectivity index (χ2v) is 10.3. The van der Waals surface area contributed by atoms with Gasteiger partial charge in [-0.2, -0.15) is 0 Å². The Kier molecular flexibility index (Phi) is 8.44. The highest BCUT2D eigenvalue weighted by atomic mass is 79.9. The Morgan fingerprint density at radius 1 is 1.03 bits per heavy atom. The van der Waals surface area contributed by atoms with Crippen molar-refractivity contribution in [1.29, 1.82) is 0 Å². The van der Waals surface area contributed by atoms with E-state index in [0.717, 1.165) is 27.7 Å². The molecule has 1 amide bonds. The number of amides is 1. The Morgan fingerprint density at radius 3 is 2.46 bits per heavy atom. The quantitative estimate of drug-likeness (QED) is 0.285. The van der Waals surface area contributed by atoms with Gasteiger partial charge in [0.05, 0.1) is 27.7 Å². The highest BCUT2D eigenvalue weighted by molar-refractivity contribution is 9.10. The number of amidine groups is 1. The Hall–Kier alpha value is -2.45. The van der Waals surface area contributed by atoms with E-state index in [1.54, 1.807) is 25.3 Å². The second kappa shape index (κ2) is 11.5. The lowest BCUT2D eigenvalue weighted by molar-refractivity contribution is -0.115. The molecule has 9 heteroatoms. The number of methoxy groups -OCH3 is 1. The highest BCUT2D eigenvalue weighted by Crippen LogP contribution is 2.37. The van der Waals surface area contributed by atoms with E-state index < -0.39 is 0 Å². The largest absolute Gasteiger partial charge is 0.493 e. The maximum Gasteiger partial charge on any atom is 0.264 e. The van der Waals surface area contributed by atoms with Crippen LogP contribution in [0, 0.1) is 0 Å². The molecule has 1 aliphatic rings. The molecule has 1 N–H and O–H groups in total. The third kappa shape index (κ3) is 6.41. The number of rotatable bonds is 7. The maximum absolute atomic E-state index is 12.6. The van der Waals surface area contributed by atoms with Crippen LogP contribution in [0.5, 0.6) is 11.5 Å². The molecule has 0 radical (unpaired) electrons. The molecule has 1 heterocycles. The zero-order valence-electron chi connectivity index (χ0n) is 18.9. The first kappa shape index (κ1) is 25.6. The Bertz CT molecular complexity index is 1330. The van der Waals surface area contributed by atoms with Crippen LogP contribution in [0.4, 0.5) is 5.69 Å². The molecule has 0 bridgehead atoms. The van der Waals surface area contributed by atoms with Gasteiger partial charge in [-0.15, -0.1) is 0 Å². The summed E-state index contributed by atoms with van der Waals surface area (Å²) in [5, 5.41) is 4.32. The average Bonchev–Trinajstić information content (AvgIpc) is 3.19. The summed E-state index contributed by atoms with van der Waals surface area (Å²) in [5.74, 6) is 0.882. The third-order valence-corrected chi connectivity index (χ3v) is 7.51. The molecule has 0 saturated carbocycles. The summed E-state index contributed by atoms with van der Waals surface area (Å²) in [5.41, 5.74) is 3.67. The summed E-state index contributed by atoms with van der Waals surface area (Å²) in [4.78, 5) is 17.6. The van der Waals surface area contributed by atoms with Gasteiger partial charge in [-0.1, -0.05) is 64.3 Å². The van der Waals surface area contributed by atoms with E-state index in [-0.39, 0.29) is 12.5 Å². The first-order valence-corrected chi connectivity index (χ1v) is 13.1. The fourth-order valence-corrected chi connectivity index (χ4v) is 4.86. The summed E-state index contributed by atoms with van der Waals surface area (Å²) in [7, 11) is 1.57. The lowest BCUT2D eigenvalue weighted by Crippen LogP contribution is -2.19. The van der Waals surface area contributed by atoms with Crippen LogP contribution in [-0.2, 0) is 17.8 Å². The van der Waals surface area contributed by atoms with Gasteiger partial charge < -0.3 is 14.8 Å². The summed E-state index contributed by atoms with van der Waals surface area (Å²) in [6.45, 7) is 2.39. The number of hydrogen-bond donors (Lipinski definition) is 1. The third-order valence-electron chi connectivity index (χ3n) is 5.17. The van der Waals surface area contributed by atoms with Crippen LogP contribution in [0.15, 0.2) is 69.0 Å². The van der Waals surface area contributed by atoms with Gasteiger partial charge in [0.1, 0.15) is 6.61 Å². The minimum atomic E-state index is -0.204. The van der Waals surface area contributed by atoms with E-state index in [1.165, 1.54) is 17.3 Å². The van der Waals surface area contributed by atoms with Gasteiger partial charge in [0.25, 0.3) is 5.91 Å². The standard InChI is InChI=1S/C26H21BrCl2N2O3S/c1-3-15-4-7-18(8-5-15)30-26-31-25(32)24(35-26)12-17-11-22(33-2)23(13-19(17)27)34-14-16-6-9-20(28)21(29)10-16/h4-13H,3,14H2,1-2H3,(H,30,31,32)/b24-12-. The Balaban J connectivity index is 1.52. The van der Waals surface area contributed by atoms with Crippen LogP contribution in [0.2, 0.25) is 10.0 Å². The molecule has 3 aromatic carbocycles. The van der Waals surface area contributed by atoms with E-state index in [4.69, 9.17) is 32.7 Å². The SMILES string of the molecule is CCc1ccc(N=C2NC(=O)/C(=C/c3cc(OC)c(OCc4ccc(Cl)c(Cl)c4)cc3Br)S2)cc1. The lowest BCUT2D eigenvalue weighted by Gasteiger charge is -2.13. The van der Waals surface area contributed by atoms with Crippen molar-refractivity contribution in [2.45, 2.75) is 20.0 Å². The minimum absolute atomic E-state index is 0.204. The summed E-state index contributed by atoms with van der Waals surface area (Å²) >= 11 is 16.9. The normalized spacial score (nSPS) is 15.5. The Morgan fingerprint density at radius 2 is 1.77 bits per heavy atom. The van der Waals surface area contributed by atoms with Gasteiger partial charge in [0.2, 0.25) is 0 Å². The van der Waals surface area contributed by atoms with Crippen LogP contribution in [-0.4, -0.2) is 18.2 Å². The number of ether oxygens (including phenoxy) is 2. The fourth-order valence-electron chi connectivity index (χ4n) is 3.27. The second-order valence-electron chi connectivity index (χ2n) is 7.56. The zero-order valence-corrected chi connectivity index (χ0v) is 22.8. The zero-order chi connectivity index (χ0) is 24.9. The topological polar surface area (TPSA) is 59.9 Å². The number of carbonyl (C=O) groups is 1. The molecule has 3 aromatic rings. The van der Waals surface area contributed by atoms with E-state index in [1.807, 2.05) is 42.5 Å². The molecule has 0 atom stereocenters. The van der Waals surface area contributed by atoms with Crippen molar-refractivity contribution in [2.24, 2.45) is 4.99 Å². The molecule has 4 rings (SSSR count). The van der Waals surface area contributed by atoms with Crippen LogP contribution in [0.1, 0.15) is 23.6 Å². The van der Waals surface area contributed by atoms with E-state index in [2.05, 4.69) is 33.2 Å². The number of thioether (sulfide) groups is 1. The molecule has 180 valence electrons. The van der Waals surface area contributed by atoms with Crippen molar-refractivity contribution in [3.8, 4) is 11.5 Å². The van der Waals surface area contributed by atoms with Gasteiger partial charge in [0, 0.05) is 4.47 Å². The molecular weight excluding hydrogens is 571 g/mol. The van der Waals surface area contributed by atoms with Gasteiger partial charge in [0.15, 0.2) is 16.7 Å². The first-order valence-electron chi connectivity index (χ1n) is 10.7. The molecule has 1 fully saturated rings. The van der Waals surface area contributed by atoms with Gasteiger partial charge >= 0.3 is 0 Å². The number of hydrogen-bond acceptors (Lipinski definition) is 5. The molecule has 35 heavy (non-hydrogen) atoms. The monoisotopic (exact) mass is 590 g/mol. The van der Waals surface area contributed by atoms with Crippen LogP contribution in [0.3, 0.4) is 0 Å². The first-order chi connectivity index (χ1) is 16.9. The molecule has 0 spiro atoms. The molecule has 0 aromatic heterocycles. The van der Waals surface area contributed by atoms with E-state index >= 15 is 0 Å². The average molecular weight is 592 g/mol. The van der Waals surface area contributed by atoms with Gasteiger partial charge in [-0.05, 0) is 77.3 Å². The molecule has 1 saturated heterocycles. The predicted molar refractivity (Wildman–Crippen MR) is 148 cm³/mol.